The summed E-state index contributed by atoms with van der Waals surface area (Å²) in [6, 6.07) is 13.3. The largest absolute Gasteiger partial charge is 0.484 e. The van der Waals surface area contributed by atoms with Crippen LogP contribution in [0.3, 0.4) is 0 Å². The molecule has 0 aromatic heterocycles. The van der Waals surface area contributed by atoms with Crippen molar-refractivity contribution in [3.8, 4) is 5.75 Å². The number of nitrogens with zero attached hydrogens (tertiary/aromatic N) is 1. The van der Waals surface area contributed by atoms with E-state index in [4.69, 9.17) is 4.74 Å². The summed E-state index contributed by atoms with van der Waals surface area (Å²) in [7, 11) is 0. The molecule has 0 saturated carbocycles. The van der Waals surface area contributed by atoms with Crippen LogP contribution in [0, 0.1) is 16.6 Å². The Labute approximate surface area is 235 Å². The average molecular weight is 545 g/mol. The van der Waals surface area contributed by atoms with Gasteiger partial charge in [0.15, 0.2) is 18.2 Å². The van der Waals surface area contributed by atoms with Gasteiger partial charge in [-0.15, -0.1) is 0 Å². The highest BCUT2D eigenvalue weighted by Gasteiger charge is 2.48. The molecule has 40 heavy (non-hydrogen) atoms. The second-order valence-electron chi connectivity index (χ2n) is 12.7. The molecule has 7 heteroatoms. The first kappa shape index (κ1) is 27.8. The van der Waals surface area contributed by atoms with Crippen molar-refractivity contribution in [3.05, 3.63) is 82.5 Å². The van der Waals surface area contributed by atoms with E-state index < -0.39 is 17.6 Å². The van der Waals surface area contributed by atoms with E-state index in [1.54, 1.807) is 18.2 Å². The van der Waals surface area contributed by atoms with Crippen molar-refractivity contribution in [1.29, 1.82) is 0 Å². The Morgan fingerprint density at radius 3 is 2.10 bits per heavy atom. The molecule has 1 heterocycles. The Morgan fingerprint density at radius 2 is 1.52 bits per heavy atom. The van der Waals surface area contributed by atoms with E-state index in [-0.39, 0.29) is 34.7 Å². The fraction of sp³-hybridized carbons (Fsp3) is 0.424. The predicted molar refractivity (Wildman–Crippen MR) is 152 cm³/mol. The third kappa shape index (κ3) is 5.34. The maximum Gasteiger partial charge on any atom is 0.262 e. The van der Waals surface area contributed by atoms with Crippen LogP contribution in [-0.2, 0) is 14.4 Å². The van der Waals surface area contributed by atoms with E-state index >= 15 is 0 Å². The highest BCUT2D eigenvalue weighted by Crippen LogP contribution is 2.54. The highest BCUT2D eigenvalue weighted by atomic mass is 19.1. The number of carbonyl (C=O) groups excluding carboxylic acids is 3. The molecule has 5 rings (SSSR count). The molecule has 0 unspecified atom stereocenters. The van der Waals surface area contributed by atoms with Gasteiger partial charge in [0.25, 0.3) is 5.91 Å². The van der Waals surface area contributed by atoms with Crippen LogP contribution in [0.2, 0.25) is 0 Å². The summed E-state index contributed by atoms with van der Waals surface area (Å²) < 4.78 is 19.7. The van der Waals surface area contributed by atoms with Gasteiger partial charge in [0.2, 0.25) is 0 Å². The maximum absolute atomic E-state index is 13.9. The zero-order valence-electron chi connectivity index (χ0n) is 23.9. The quantitative estimate of drug-likeness (QED) is 0.446. The summed E-state index contributed by atoms with van der Waals surface area (Å²) in [6.07, 6.45) is 2.37. The summed E-state index contributed by atoms with van der Waals surface area (Å²) in [4.78, 5) is 42.2. The molecule has 1 amide bonds. The number of allylic oxidation sites excluding steroid dienone is 4. The van der Waals surface area contributed by atoms with E-state index in [0.29, 0.717) is 36.3 Å². The lowest BCUT2D eigenvalue weighted by Crippen LogP contribution is -2.44. The minimum absolute atomic E-state index is 0.0782. The molecule has 2 aliphatic carbocycles. The number of hydrogen-bond donors (Lipinski definition) is 1. The van der Waals surface area contributed by atoms with Crippen molar-refractivity contribution < 1.29 is 23.5 Å². The molecule has 1 N–H and O–H groups in total. The Bertz CT molecular complexity index is 1400. The Kier molecular flexibility index (Phi) is 7.19. The summed E-state index contributed by atoms with van der Waals surface area (Å²) in [6.45, 7) is 11.0. The molecule has 0 spiro atoms. The molecule has 6 nitrogen and oxygen atoms in total. The summed E-state index contributed by atoms with van der Waals surface area (Å²) in [5.41, 5.74) is 4.01. The number of hydrogen-bond acceptors (Lipinski definition) is 5. The van der Waals surface area contributed by atoms with Crippen molar-refractivity contribution in [1.82, 2.24) is 4.90 Å². The average Bonchev–Trinajstić information content (AvgIpc) is 2.86. The van der Waals surface area contributed by atoms with Gasteiger partial charge in [0, 0.05) is 47.8 Å². The molecule has 0 atom stereocenters. The lowest BCUT2D eigenvalue weighted by Gasteiger charge is -2.48. The van der Waals surface area contributed by atoms with Crippen LogP contribution >= 0.6 is 0 Å². The fourth-order valence-electron chi connectivity index (χ4n) is 6.44. The third-order valence-electron chi connectivity index (χ3n) is 8.05. The normalized spacial score (nSPS) is 20.3. The number of carbonyl (C=O) groups is 3. The fourth-order valence-corrected chi connectivity index (χ4v) is 6.44. The minimum atomic E-state index is -0.523. The molecule has 2 aromatic carbocycles. The molecule has 0 fully saturated rings. The molecule has 2 aromatic rings. The van der Waals surface area contributed by atoms with Crippen molar-refractivity contribution in [2.45, 2.75) is 66.2 Å². The van der Waals surface area contributed by atoms with E-state index in [1.165, 1.54) is 12.1 Å². The van der Waals surface area contributed by atoms with E-state index in [2.05, 4.69) is 44.8 Å². The number of ether oxygens (including phenoxy) is 1. The van der Waals surface area contributed by atoms with Gasteiger partial charge in [-0.2, -0.15) is 0 Å². The first-order valence-corrected chi connectivity index (χ1v) is 14.0. The molecule has 0 bridgehead atoms. The molecule has 3 aliphatic rings. The molecule has 1 aliphatic heterocycles. The van der Waals surface area contributed by atoms with E-state index in [1.807, 2.05) is 18.2 Å². The predicted octanol–water partition coefficient (Wildman–Crippen LogP) is 6.55. The Balaban J connectivity index is 1.51. The van der Waals surface area contributed by atoms with Gasteiger partial charge in [-0.3, -0.25) is 14.4 Å². The molecular weight excluding hydrogens is 507 g/mol. The SMILES string of the molecule is CCN1C2=C(C(=O)CC(C)(C)C2)C(c2cccc(OCC(=O)Nc3ccccc3F)c2)C2=C1CC(C)(C)CC2=O. The second-order valence-corrected chi connectivity index (χ2v) is 12.7. The van der Waals surface area contributed by atoms with Crippen LogP contribution in [0.25, 0.3) is 0 Å². The van der Waals surface area contributed by atoms with Crippen LogP contribution in [-0.4, -0.2) is 35.5 Å². The number of benzene rings is 2. The van der Waals surface area contributed by atoms with Crippen molar-refractivity contribution in [2.75, 3.05) is 18.5 Å². The summed E-state index contributed by atoms with van der Waals surface area (Å²) in [5, 5.41) is 2.52. The van der Waals surface area contributed by atoms with Crippen molar-refractivity contribution >= 4 is 23.2 Å². The van der Waals surface area contributed by atoms with Crippen LogP contribution in [0.1, 0.15) is 71.8 Å². The van der Waals surface area contributed by atoms with Gasteiger partial charge < -0.3 is 15.0 Å². The number of para-hydroxylation sites is 1. The number of rotatable bonds is 6. The second kappa shape index (κ2) is 10.3. The number of nitrogens with one attached hydrogen (secondary N) is 1. The Morgan fingerprint density at radius 1 is 0.925 bits per heavy atom. The molecule has 0 radical (unpaired) electrons. The van der Waals surface area contributed by atoms with Crippen LogP contribution in [0.15, 0.2) is 71.1 Å². The summed E-state index contributed by atoms with van der Waals surface area (Å²) >= 11 is 0. The van der Waals surface area contributed by atoms with Gasteiger partial charge >= 0.3 is 0 Å². The Hall–Kier alpha value is -3.74. The van der Waals surface area contributed by atoms with Crippen LogP contribution in [0.5, 0.6) is 5.75 Å². The molecule has 0 saturated heterocycles. The number of anilines is 1. The standard InChI is InChI=1S/C33H37FN2O4/c1-6-36-24-15-32(2,3)17-26(37)30(24)29(31-25(36)16-33(4,5)18-27(31)38)20-10-9-11-21(14-20)40-19-28(39)35-23-13-8-7-12-22(23)34/h7-14,29H,6,15-19H2,1-5H3,(H,35,39). The van der Waals surface area contributed by atoms with Gasteiger partial charge in [-0.25, -0.2) is 4.39 Å². The van der Waals surface area contributed by atoms with Crippen molar-refractivity contribution in [3.63, 3.8) is 0 Å². The zero-order chi connectivity index (χ0) is 28.8. The van der Waals surface area contributed by atoms with Gasteiger partial charge in [0.05, 0.1) is 5.69 Å². The topological polar surface area (TPSA) is 75.7 Å². The van der Waals surface area contributed by atoms with E-state index in [9.17, 15) is 18.8 Å². The highest BCUT2D eigenvalue weighted by molar-refractivity contribution is 6.06. The molecule has 210 valence electrons. The monoisotopic (exact) mass is 544 g/mol. The number of ketones is 2. The smallest absolute Gasteiger partial charge is 0.262 e. The van der Waals surface area contributed by atoms with E-state index in [0.717, 1.165) is 29.8 Å². The third-order valence-corrected chi connectivity index (χ3v) is 8.05. The lowest BCUT2D eigenvalue weighted by molar-refractivity contribution is -0.120. The van der Waals surface area contributed by atoms with Gasteiger partial charge in [-0.1, -0.05) is 52.0 Å². The maximum atomic E-state index is 13.9. The summed E-state index contributed by atoms with van der Waals surface area (Å²) in [5.74, 6) is -0.892. The molecular formula is C33H37FN2O4. The first-order chi connectivity index (χ1) is 18.9. The van der Waals surface area contributed by atoms with Gasteiger partial charge in [-0.05, 0) is 60.4 Å². The zero-order valence-corrected chi connectivity index (χ0v) is 23.9. The van der Waals surface area contributed by atoms with Crippen molar-refractivity contribution in [2.24, 2.45) is 10.8 Å². The number of halogens is 1. The minimum Gasteiger partial charge on any atom is -0.484 e. The van der Waals surface area contributed by atoms with Crippen LogP contribution in [0.4, 0.5) is 10.1 Å². The van der Waals surface area contributed by atoms with Crippen LogP contribution < -0.4 is 10.1 Å². The first-order valence-electron chi connectivity index (χ1n) is 14.0. The van der Waals surface area contributed by atoms with Gasteiger partial charge in [0.1, 0.15) is 11.6 Å². The number of Topliss-reactive ketones (excluding diaryl/α,β-unsaturated/α-hetero) is 2. The lowest BCUT2D eigenvalue weighted by atomic mass is 9.63. The number of amides is 1.